The minimum Gasteiger partial charge on any atom is -0.494 e. The van der Waals surface area contributed by atoms with Crippen molar-refractivity contribution in [1.82, 2.24) is 15.3 Å². The summed E-state index contributed by atoms with van der Waals surface area (Å²) < 4.78 is 5.40. The Morgan fingerprint density at radius 1 is 1.30 bits per heavy atom. The smallest absolute Gasteiger partial charge is 0.145 e. The minimum atomic E-state index is 0.468. The Bertz CT molecular complexity index is 653. The molecule has 2 aliphatic rings. The molecule has 2 aromatic rings. The molecule has 0 saturated carbocycles. The van der Waals surface area contributed by atoms with Crippen LogP contribution in [0.15, 0.2) is 24.5 Å². The third-order valence-corrected chi connectivity index (χ3v) is 4.56. The average molecular weight is 270 g/mol. The van der Waals surface area contributed by atoms with Crippen LogP contribution in [-0.2, 0) is 0 Å². The van der Waals surface area contributed by atoms with Crippen LogP contribution in [0.4, 0.5) is 5.82 Å². The third kappa shape index (κ3) is 1.66. The highest BCUT2D eigenvalue weighted by molar-refractivity contribution is 5.93. The van der Waals surface area contributed by atoms with Crippen molar-refractivity contribution < 1.29 is 4.74 Å². The Morgan fingerprint density at radius 2 is 2.20 bits per heavy atom. The van der Waals surface area contributed by atoms with E-state index in [0.717, 1.165) is 48.6 Å². The molecule has 0 atom stereocenters. The highest BCUT2D eigenvalue weighted by atomic mass is 16.5. The summed E-state index contributed by atoms with van der Waals surface area (Å²) in [5.41, 5.74) is 1.36. The Kier molecular flexibility index (Phi) is 2.57. The van der Waals surface area contributed by atoms with Gasteiger partial charge in [-0.3, -0.25) is 0 Å². The van der Waals surface area contributed by atoms with E-state index in [4.69, 9.17) is 4.74 Å². The lowest BCUT2D eigenvalue weighted by molar-refractivity contribution is 0.199. The lowest BCUT2D eigenvalue weighted by Crippen LogP contribution is -2.54. The molecule has 1 spiro atoms. The van der Waals surface area contributed by atoms with Gasteiger partial charge in [0.1, 0.15) is 23.4 Å². The van der Waals surface area contributed by atoms with Gasteiger partial charge in [0, 0.05) is 37.0 Å². The number of ether oxygens (including phenoxy) is 1. The topological polar surface area (TPSA) is 50.3 Å². The highest BCUT2D eigenvalue weighted by Crippen LogP contribution is 2.38. The number of hydrogen-bond donors (Lipinski definition) is 1. The molecule has 1 aromatic carbocycles. The molecule has 20 heavy (non-hydrogen) atoms. The summed E-state index contributed by atoms with van der Waals surface area (Å²) in [7, 11) is 1.68. The van der Waals surface area contributed by atoms with E-state index < -0.39 is 0 Å². The van der Waals surface area contributed by atoms with Crippen molar-refractivity contribution in [1.29, 1.82) is 0 Å². The number of benzene rings is 1. The fourth-order valence-corrected chi connectivity index (χ4v) is 3.35. The Hall–Kier alpha value is -1.88. The monoisotopic (exact) mass is 270 g/mol. The summed E-state index contributed by atoms with van der Waals surface area (Å²) in [6.45, 7) is 4.43. The van der Waals surface area contributed by atoms with Crippen LogP contribution in [0.1, 0.15) is 6.42 Å². The molecule has 0 unspecified atom stereocenters. The van der Waals surface area contributed by atoms with Crippen molar-refractivity contribution in [2.45, 2.75) is 6.42 Å². The lowest BCUT2D eigenvalue weighted by Gasteiger charge is -2.39. The highest BCUT2D eigenvalue weighted by Gasteiger charge is 2.43. The van der Waals surface area contributed by atoms with Gasteiger partial charge in [-0.25, -0.2) is 9.97 Å². The zero-order valence-electron chi connectivity index (χ0n) is 11.6. The quantitative estimate of drug-likeness (QED) is 0.895. The Morgan fingerprint density at radius 3 is 2.90 bits per heavy atom. The molecule has 2 saturated heterocycles. The molecule has 1 N–H and O–H groups in total. The molecule has 1 aromatic heterocycles. The van der Waals surface area contributed by atoms with E-state index in [-0.39, 0.29) is 0 Å². The molecule has 2 fully saturated rings. The summed E-state index contributed by atoms with van der Waals surface area (Å²) in [5.74, 6) is 1.85. The molecular weight excluding hydrogens is 252 g/mol. The van der Waals surface area contributed by atoms with Crippen molar-refractivity contribution in [3.8, 4) is 5.75 Å². The fraction of sp³-hybridized carbons (Fsp3) is 0.467. The van der Waals surface area contributed by atoms with Crippen LogP contribution in [0.2, 0.25) is 0 Å². The number of fused-ring (bicyclic) bond motifs is 1. The second-order valence-electron chi connectivity index (χ2n) is 5.83. The molecule has 5 heteroatoms. The van der Waals surface area contributed by atoms with E-state index in [9.17, 15) is 0 Å². The summed E-state index contributed by atoms with van der Waals surface area (Å²) in [4.78, 5) is 11.3. The summed E-state index contributed by atoms with van der Waals surface area (Å²) in [6.07, 6.45) is 2.89. The zero-order valence-corrected chi connectivity index (χ0v) is 11.6. The Balaban J connectivity index is 1.77. The normalized spacial score (nSPS) is 20.4. The van der Waals surface area contributed by atoms with Gasteiger partial charge in [0.25, 0.3) is 0 Å². The van der Waals surface area contributed by atoms with Gasteiger partial charge in [-0.05, 0) is 18.6 Å². The first-order valence-electron chi connectivity index (χ1n) is 7.05. The van der Waals surface area contributed by atoms with Gasteiger partial charge in [0.05, 0.1) is 7.11 Å². The number of nitrogens with zero attached hydrogens (tertiary/aromatic N) is 3. The van der Waals surface area contributed by atoms with Gasteiger partial charge < -0.3 is 15.0 Å². The fourth-order valence-electron chi connectivity index (χ4n) is 3.35. The van der Waals surface area contributed by atoms with Crippen LogP contribution < -0.4 is 15.0 Å². The van der Waals surface area contributed by atoms with E-state index in [1.807, 2.05) is 12.1 Å². The number of methoxy groups -OCH3 is 1. The van der Waals surface area contributed by atoms with E-state index in [1.54, 1.807) is 13.4 Å². The standard InChI is InChI=1S/C15H18N4O/c1-20-12-4-2-3-11-13(12)17-10-18-14(11)19-6-5-15(9-19)7-16-8-15/h2-4,10,16H,5-9H2,1H3. The van der Waals surface area contributed by atoms with Gasteiger partial charge in [-0.2, -0.15) is 0 Å². The number of rotatable bonds is 2. The second-order valence-corrected chi connectivity index (χ2v) is 5.83. The first kappa shape index (κ1) is 11.9. The zero-order chi connectivity index (χ0) is 13.6. The van der Waals surface area contributed by atoms with Crippen molar-refractivity contribution in [2.24, 2.45) is 5.41 Å². The summed E-state index contributed by atoms with van der Waals surface area (Å²) >= 11 is 0. The van der Waals surface area contributed by atoms with E-state index in [1.165, 1.54) is 6.42 Å². The minimum absolute atomic E-state index is 0.468. The molecule has 0 radical (unpaired) electrons. The molecule has 0 aliphatic carbocycles. The van der Waals surface area contributed by atoms with Gasteiger partial charge >= 0.3 is 0 Å². The number of anilines is 1. The van der Waals surface area contributed by atoms with Crippen LogP contribution >= 0.6 is 0 Å². The van der Waals surface area contributed by atoms with Crippen LogP contribution in [0.25, 0.3) is 10.9 Å². The molecule has 104 valence electrons. The van der Waals surface area contributed by atoms with Crippen LogP contribution in [0.5, 0.6) is 5.75 Å². The average Bonchev–Trinajstić information content (AvgIpc) is 2.91. The maximum atomic E-state index is 5.40. The van der Waals surface area contributed by atoms with Crippen molar-refractivity contribution in [3.05, 3.63) is 24.5 Å². The summed E-state index contributed by atoms with van der Waals surface area (Å²) in [6, 6.07) is 6.03. The predicted octanol–water partition coefficient (Wildman–Crippen LogP) is 1.44. The van der Waals surface area contributed by atoms with Gasteiger partial charge in [0.2, 0.25) is 0 Å². The van der Waals surface area contributed by atoms with E-state index in [0.29, 0.717) is 5.41 Å². The Labute approximate surface area is 118 Å². The molecule has 2 aliphatic heterocycles. The van der Waals surface area contributed by atoms with Crippen LogP contribution in [0, 0.1) is 5.41 Å². The molecule has 3 heterocycles. The van der Waals surface area contributed by atoms with Crippen molar-refractivity contribution >= 4 is 16.7 Å². The number of aromatic nitrogens is 2. The van der Waals surface area contributed by atoms with Crippen LogP contribution in [-0.4, -0.2) is 43.3 Å². The maximum absolute atomic E-state index is 5.40. The third-order valence-electron chi connectivity index (χ3n) is 4.56. The van der Waals surface area contributed by atoms with Crippen molar-refractivity contribution in [2.75, 3.05) is 38.2 Å². The number of nitrogens with one attached hydrogen (secondary N) is 1. The first-order valence-corrected chi connectivity index (χ1v) is 7.05. The van der Waals surface area contributed by atoms with Gasteiger partial charge in [-0.15, -0.1) is 0 Å². The molecule has 0 amide bonds. The van der Waals surface area contributed by atoms with Crippen LogP contribution in [0.3, 0.4) is 0 Å². The lowest BCUT2D eigenvalue weighted by atomic mass is 9.81. The van der Waals surface area contributed by atoms with Gasteiger partial charge in [-0.1, -0.05) is 6.07 Å². The first-order chi connectivity index (χ1) is 9.81. The molecular formula is C15H18N4O. The SMILES string of the molecule is COc1cccc2c(N3CCC4(CNC4)C3)ncnc12. The number of hydrogen-bond acceptors (Lipinski definition) is 5. The van der Waals surface area contributed by atoms with E-state index in [2.05, 4.69) is 26.3 Å². The molecule has 0 bridgehead atoms. The van der Waals surface area contributed by atoms with E-state index >= 15 is 0 Å². The maximum Gasteiger partial charge on any atom is 0.145 e. The summed E-state index contributed by atoms with van der Waals surface area (Å²) in [5, 5.41) is 4.47. The van der Waals surface area contributed by atoms with Gasteiger partial charge in [0.15, 0.2) is 0 Å². The molecule has 5 nitrogen and oxygen atoms in total. The predicted molar refractivity (Wildman–Crippen MR) is 78.2 cm³/mol. The number of para-hydroxylation sites is 1. The largest absolute Gasteiger partial charge is 0.494 e. The van der Waals surface area contributed by atoms with Crippen molar-refractivity contribution in [3.63, 3.8) is 0 Å². The second kappa shape index (κ2) is 4.31. The molecule has 4 rings (SSSR count).